The molecule has 1 rings (SSSR count). The quantitative estimate of drug-likeness (QED) is 0.600. The maximum atomic E-state index is 12.1. The summed E-state index contributed by atoms with van der Waals surface area (Å²) in [6.07, 6.45) is 2.63. The van der Waals surface area contributed by atoms with E-state index in [1.165, 1.54) is 0 Å². The average molecular weight is 236 g/mol. The number of nitrogen functional groups attached to an aromatic ring is 1. The van der Waals surface area contributed by atoms with E-state index >= 15 is 0 Å². The van der Waals surface area contributed by atoms with Crippen LogP contribution in [0, 0.1) is 5.92 Å². The number of pyridine rings is 1. The average Bonchev–Trinajstić information content (AvgIpc) is 2.37. The predicted molar refractivity (Wildman–Crippen MR) is 68.5 cm³/mol. The molecule has 1 aromatic rings. The number of carbonyl (C=O) groups is 1. The molecule has 0 saturated carbocycles. The van der Waals surface area contributed by atoms with Gasteiger partial charge < -0.3 is 10.3 Å². The fourth-order valence-corrected chi connectivity index (χ4v) is 1.54. The van der Waals surface area contributed by atoms with E-state index in [0.29, 0.717) is 17.3 Å². The third-order valence-electron chi connectivity index (χ3n) is 2.78. The van der Waals surface area contributed by atoms with E-state index in [2.05, 4.69) is 24.3 Å². The summed E-state index contributed by atoms with van der Waals surface area (Å²) in [6, 6.07) is 3.34. The largest absolute Gasteiger partial charge is 0.341 e. The van der Waals surface area contributed by atoms with Crippen molar-refractivity contribution in [2.24, 2.45) is 11.8 Å². The van der Waals surface area contributed by atoms with Crippen LogP contribution in [0.3, 0.4) is 0 Å². The first-order valence-corrected chi connectivity index (χ1v) is 5.76. The number of nitrogens with one attached hydrogen (secondary N) is 1. The highest BCUT2D eigenvalue weighted by Gasteiger charge is 2.14. The highest BCUT2D eigenvalue weighted by Crippen LogP contribution is 2.10. The molecule has 0 saturated heterocycles. The number of rotatable bonds is 5. The van der Waals surface area contributed by atoms with Crippen molar-refractivity contribution in [3.8, 4) is 0 Å². The molecule has 17 heavy (non-hydrogen) atoms. The number of nitrogens with zero attached hydrogens (tertiary/aromatic N) is 2. The Balaban J connectivity index is 2.74. The molecule has 1 atom stereocenters. The van der Waals surface area contributed by atoms with Crippen LogP contribution in [0.25, 0.3) is 0 Å². The van der Waals surface area contributed by atoms with Crippen molar-refractivity contribution < 1.29 is 4.79 Å². The molecule has 1 heterocycles. The lowest BCUT2D eigenvalue weighted by molar-refractivity contribution is 0.0775. The van der Waals surface area contributed by atoms with Gasteiger partial charge in [0.15, 0.2) is 0 Å². The van der Waals surface area contributed by atoms with Crippen LogP contribution in [0.2, 0.25) is 0 Å². The molecule has 0 aliphatic heterocycles. The fraction of sp³-hybridized carbons (Fsp3) is 0.500. The third-order valence-corrected chi connectivity index (χ3v) is 2.78. The molecule has 1 amide bonds. The SMILES string of the molecule is CCC(C)CN(C)C(=O)c1ccnc(NN)c1. The summed E-state index contributed by atoms with van der Waals surface area (Å²) in [7, 11) is 1.81. The summed E-state index contributed by atoms with van der Waals surface area (Å²) in [5.41, 5.74) is 3.03. The van der Waals surface area contributed by atoms with Crippen LogP contribution >= 0.6 is 0 Å². The Kier molecular flexibility index (Phi) is 4.90. The van der Waals surface area contributed by atoms with Crippen molar-refractivity contribution >= 4 is 11.7 Å². The second-order valence-electron chi connectivity index (χ2n) is 4.27. The summed E-state index contributed by atoms with van der Waals surface area (Å²) in [5.74, 6) is 6.24. The monoisotopic (exact) mass is 236 g/mol. The van der Waals surface area contributed by atoms with Crippen molar-refractivity contribution in [3.63, 3.8) is 0 Å². The summed E-state index contributed by atoms with van der Waals surface area (Å²) in [4.78, 5) is 17.8. The minimum absolute atomic E-state index is 0.01000. The second kappa shape index (κ2) is 6.20. The molecular formula is C12H20N4O. The Bertz CT molecular complexity index is 381. The van der Waals surface area contributed by atoms with E-state index in [-0.39, 0.29) is 5.91 Å². The van der Waals surface area contributed by atoms with Crippen molar-refractivity contribution in [3.05, 3.63) is 23.9 Å². The van der Waals surface area contributed by atoms with Gasteiger partial charge in [-0.15, -0.1) is 0 Å². The van der Waals surface area contributed by atoms with E-state index in [9.17, 15) is 4.79 Å². The van der Waals surface area contributed by atoms with E-state index < -0.39 is 0 Å². The summed E-state index contributed by atoms with van der Waals surface area (Å²) < 4.78 is 0. The van der Waals surface area contributed by atoms with E-state index in [1.807, 2.05) is 7.05 Å². The molecule has 3 N–H and O–H groups in total. The van der Waals surface area contributed by atoms with Gasteiger partial charge in [0.2, 0.25) is 0 Å². The number of hydrogen-bond acceptors (Lipinski definition) is 4. The highest BCUT2D eigenvalue weighted by atomic mass is 16.2. The van der Waals surface area contributed by atoms with Gasteiger partial charge in [0.1, 0.15) is 5.82 Å². The Morgan fingerprint density at radius 2 is 2.35 bits per heavy atom. The van der Waals surface area contributed by atoms with Crippen LogP contribution in [0.5, 0.6) is 0 Å². The number of aromatic nitrogens is 1. The van der Waals surface area contributed by atoms with Crippen molar-refractivity contribution in [1.82, 2.24) is 9.88 Å². The normalized spacial score (nSPS) is 12.0. The zero-order chi connectivity index (χ0) is 12.8. The molecule has 1 aromatic heterocycles. The topological polar surface area (TPSA) is 71.2 Å². The maximum absolute atomic E-state index is 12.1. The summed E-state index contributed by atoms with van der Waals surface area (Å²) >= 11 is 0. The highest BCUT2D eigenvalue weighted by molar-refractivity contribution is 5.94. The maximum Gasteiger partial charge on any atom is 0.253 e. The van der Waals surface area contributed by atoms with Crippen LogP contribution in [0.4, 0.5) is 5.82 Å². The number of carbonyl (C=O) groups excluding carboxylic acids is 1. The molecular weight excluding hydrogens is 216 g/mol. The zero-order valence-corrected chi connectivity index (χ0v) is 10.6. The van der Waals surface area contributed by atoms with E-state index in [4.69, 9.17) is 5.84 Å². The van der Waals surface area contributed by atoms with Gasteiger partial charge in [-0.3, -0.25) is 4.79 Å². The second-order valence-corrected chi connectivity index (χ2v) is 4.27. The molecule has 0 radical (unpaired) electrons. The van der Waals surface area contributed by atoms with E-state index in [0.717, 1.165) is 13.0 Å². The van der Waals surface area contributed by atoms with Gasteiger partial charge in [0.05, 0.1) is 0 Å². The Hall–Kier alpha value is -1.62. The molecule has 0 bridgehead atoms. The molecule has 5 heteroatoms. The van der Waals surface area contributed by atoms with Crippen LogP contribution in [0.15, 0.2) is 18.3 Å². The molecule has 94 valence electrons. The van der Waals surface area contributed by atoms with Gasteiger partial charge in [-0.1, -0.05) is 20.3 Å². The first-order valence-electron chi connectivity index (χ1n) is 5.76. The van der Waals surface area contributed by atoms with Crippen LogP contribution < -0.4 is 11.3 Å². The Labute approximate surface area is 102 Å². The van der Waals surface area contributed by atoms with Gasteiger partial charge in [0.25, 0.3) is 5.91 Å². The molecule has 0 spiro atoms. The van der Waals surface area contributed by atoms with E-state index in [1.54, 1.807) is 23.2 Å². The zero-order valence-electron chi connectivity index (χ0n) is 10.6. The smallest absolute Gasteiger partial charge is 0.253 e. The van der Waals surface area contributed by atoms with Gasteiger partial charge in [0, 0.05) is 25.4 Å². The Morgan fingerprint density at radius 1 is 1.65 bits per heavy atom. The first-order chi connectivity index (χ1) is 8.08. The Morgan fingerprint density at radius 3 is 2.94 bits per heavy atom. The first kappa shape index (κ1) is 13.4. The molecule has 0 aliphatic carbocycles. The fourth-order valence-electron chi connectivity index (χ4n) is 1.54. The van der Waals surface area contributed by atoms with Crippen LogP contribution in [0.1, 0.15) is 30.6 Å². The van der Waals surface area contributed by atoms with Crippen LogP contribution in [-0.4, -0.2) is 29.4 Å². The van der Waals surface area contributed by atoms with Crippen molar-refractivity contribution in [2.45, 2.75) is 20.3 Å². The number of nitrogens with two attached hydrogens (primary N) is 1. The number of amides is 1. The van der Waals surface area contributed by atoms with Gasteiger partial charge in [-0.25, -0.2) is 10.8 Å². The lowest BCUT2D eigenvalue weighted by Gasteiger charge is -2.20. The lowest BCUT2D eigenvalue weighted by Crippen LogP contribution is -2.31. The van der Waals surface area contributed by atoms with Gasteiger partial charge in [-0.2, -0.15) is 0 Å². The molecule has 0 fully saturated rings. The lowest BCUT2D eigenvalue weighted by atomic mass is 10.1. The standard InChI is InChI=1S/C12H20N4O/c1-4-9(2)8-16(3)12(17)10-5-6-14-11(7-10)15-13/h5-7,9H,4,8,13H2,1-3H3,(H,14,15). The molecule has 0 aliphatic rings. The van der Waals surface area contributed by atoms with Gasteiger partial charge in [-0.05, 0) is 18.1 Å². The molecule has 1 unspecified atom stereocenters. The van der Waals surface area contributed by atoms with Crippen LogP contribution in [-0.2, 0) is 0 Å². The number of hydrogen-bond donors (Lipinski definition) is 2. The van der Waals surface area contributed by atoms with Gasteiger partial charge >= 0.3 is 0 Å². The predicted octanol–water partition coefficient (Wildman–Crippen LogP) is 1.49. The summed E-state index contributed by atoms with van der Waals surface area (Å²) in [5, 5.41) is 0. The number of hydrazine groups is 1. The van der Waals surface area contributed by atoms with Crippen molar-refractivity contribution in [2.75, 3.05) is 19.0 Å². The minimum atomic E-state index is -0.01000. The molecule has 5 nitrogen and oxygen atoms in total. The number of anilines is 1. The molecule has 0 aromatic carbocycles. The minimum Gasteiger partial charge on any atom is -0.341 e. The third kappa shape index (κ3) is 3.71. The summed E-state index contributed by atoms with van der Waals surface area (Å²) in [6.45, 7) is 5.00. The van der Waals surface area contributed by atoms with Crippen molar-refractivity contribution in [1.29, 1.82) is 0 Å².